The number of aromatic nitrogens is 3. The van der Waals surface area contributed by atoms with Gasteiger partial charge in [0.1, 0.15) is 22.9 Å². The van der Waals surface area contributed by atoms with Crippen molar-refractivity contribution in [2.45, 2.75) is 32.1 Å². The highest BCUT2D eigenvalue weighted by molar-refractivity contribution is 6.00. The van der Waals surface area contributed by atoms with Gasteiger partial charge in [-0.1, -0.05) is 0 Å². The molecular formula is C30H31F4N5O4. The quantitative estimate of drug-likeness (QED) is 0.306. The van der Waals surface area contributed by atoms with Crippen molar-refractivity contribution in [2.75, 3.05) is 40.5 Å². The van der Waals surface area contributed by atoms with E-state index < -0.39 is 35.7 Å². The van der Waals surface area contributed by atoms with E-state index in [9.17, 15) is 27.5 Å². The lowest BCUT2D eigenvalue weighted by Crippen LogP contribution is -2.55. The van der Waals surface area contributed by atoms with Crippen molar-refractivity contribution >= 4 is 11.6 Å². The largest absolute Gasteiger partial charge is 0.497 e. The van der Waals surface area contributed by atoms with Crippen LogP contribution in [-0.2, 0) is 6.18 Å². The van der Waals surface area contributed by atoms with Crippen LogP contribution in [0.5, 0.6) is 11.5 Å². The van der Waals surface area contributed by atoms with Gasteiger partial charge in [-0.2, -0.15) is 18.3 Å². The number of carbonyl (C=O) groups excluding carboxylic acids is 1. The fourth-order valence-corrected chi connectivity index (χ4v) is 5.64. The summed E-state index contributed by atoms with van der Waals surface area (Å²) in [6, 6.07) is 9.74. The molecule has 0 radical (unpaired) electrons. The molecule has 4 aromatic rings. The van der Waals surface area contributed by atoms with Gasteiger partial charge in [0.2, 0.25) is 0 Å². The van der Waals surface area contributed by atoms with E-state index in [-0.39, 0.29) is 35.6 Å². The average molecular weight is 602 g/mol. The number of benzene rings is 2. The van der Waals surface area contributed by atoms with E-state index >= 15 is 0 Å². The molecule has 2 atom stereocenters. The van der Waals surface area contributed by atoms with Gasteiger partial charge in [0.15, 0.2) is 11.3 Å². The van der Waals surface area contributed by atoms with Gasteiger partial charge in [-0.05, 0) is 55.8 Å². The van der Waals surface area contributed by atoms with E-state index in [1.165, 1.54) is 33.3 Å². The average Bonchev–Trinajstić information content (AvgIpc) is 3.39. The molecule has 3 heterocycles. The minimum atomic E-state index is -4.77. The van der Waals surface area contributed by atoms with Crippen LogP contribution < -0.4 is 9.47 Å². The third-order valence-electron chi connectivity index (χ3n) is 7.79. The van der Waals surface area contributed by atoms with Crippen LogP contribution in [0, 0.1) is 12.7 Å². The van der Waals surface area contributed by atoms with Crippen molar-refractivity contribution in [1.29, 1.82) is 0 Å². The Morgan fingerprint density at radius 3 is 2.40 bits per heavy atom. The summed E-state index contributed by atoms with van der Waals surface area (Å²) in [6.45, 7) is 3.70. The number of hydrogen-bond acceptors (Lipinski definition) is 7. The van der Waals surface area contributed by atoms with Crippen molar-refractivity contribution in [2.24, 2.45) is 0 Å². The number of piperazine rings is 1. The zero-order valence-electron chi connectivity index (χ0n) is 24.0. The Bertz CT molecular complexity index is 1640. The molecular weight excluding hydrogens is 570 g/mol. The van der Waals surface area contributed by atoms with Gasteiger partial charge < -0.3 is 19.5 Å². The fraction of sp³-hybridized carbons (Fsp3) is 0.367. The summed E-state index contributed by atoms with van der Waals surface area (Å²) in [5.41, 5.74) is -0.380. The van der Waals surface area contributed by atoms with E-state index in [0.29, 0.717) is 40.2 Å². The van der Waals surface area contributed by atoms with Crippen LogP contribution in [0.4, 0.5) is 17.6 Å². The SMILES string of the molecule is COc1ccc(-c2nc3c(C(=O)N4CCN([C@@H](CO)c5cc(F)cc(OC)c5)C[C@H]4C)cnn3c(C(F)(F)F)c2C)cc1. The van der Waals surface area contributed by atoms with E-state index in [4.69, 9.17) is 9.47 Å². The molecule has 1 aliphatic rings. The van der Waals surface area contributed by atoms with E-state index in [1.54, 1.807) is 42.2 Å². The fourth-order valence-electron chi connectivity index (χ4n) is 5.64. The maximum atomic E-state index is 14.3. The van der Waals surface area contributed by atoms with Crippen molar-refractivity contribution in [3.63, 3.8) is 0 Å². The molecule has 0 bridgehead atoms. The Morgan fingerprint density at radius 1 is 1.09 bits per heavy atom. The number of alkyl halides is 3. The zero-order valence-corrected chi connectivity index (χ0v) is 24.0. The first-order valence-corrected chi connectivity index (χ1v) is 13.6. The van der Waals surface area contributed by atoms with Gasteiger partial charge in [0, 0.05) is 42.9 Å². The van der Waals surface area contributed by atoms with Crippen LogP contribution in [0.1, 0.15) is 40.1 Å². The Balaban J connectivity index is 1.47. The number of nitrogens with zero attached hydrogens (tertiary/aromatic N) is 5. The molecule has 228 valence electrons. The van der Waals surface area contributed by atoms with Gasteiger partial charge in [-0.15, -0.1) is 0 Å². The highest BCUT2D eigenvalue weighted by atomic mass is 19.4. The Hall–Kier alpha value is -4.23. The number of ether oxygens (including phenoxy) is 2. The van der Waals surface area contributed by atoms with Crippen LogP contribution in [0.25, 0.3) is 16.9 Å². The number of hydrogen-bond donors (Lipinski definition) is 1. The molecule has 0 spiro atoms. The predicted molar refractivity (Wildman–Crippen MR) is 150 cm³/mol. The number of rotatable bonds is 7. The molecule has 0 aliphatic carbocycles. The molecule has 2 aromatic heterocycles. The predicted octanol–water partition coefficient (Wildman–Crippen LogP) is 4.76. The molecule has 0 unspecified atom stereocenters. The third-order valence-corrected chi connectivity index (χ3v) is 7.79. The number of fused-ring (bicyclic) bond motifs is 1. The molecule has 1 N–H and O–H groups in total. The van der Waals surface area contributed by atoms with Crippen molar-refractivity contribution in [3.05, 3.63) is 76.9 Å². The smallest absolute Gasteiger partial charge is 0.433 e. The van der Waals surface area contributed by atoms with Crippen LogP contribution in [-0.4, -0.2) is 81.9 Å². The molecule has 9 nitrogen and oxygen atoms in total. The highest BCUT2D eigenvalue weighted by Gasteiger charge is 2.40. The Labute approximate surface area is 245 Å². The van der Waals surface area contributed by atoms with Gasteiger partial charge in [0.25, 0.3) is 5.91 Å². The van der Waals surface area contributed by atoms with Crippen molar-refractivity contribution in [1.82, 2.24) is 24.4 Å². The second-order valence-electron chi connectivity index (χ2n) is 10.4. The lowest BCUT2D eigenvalue weighted by Gasteiger charge is -2.43. The van der Waals surface area contributed by atoms with Crippen molar-refractivity contribution in [3.8, 4) is 22.8 Å². The summed E-state index contributed by atoms with van der Waals surface area (Å²) in [4.78, 5) is 21.8. The van der Waals surface area contributed by atoms with Gasteiger partial charge in [-0.3, -0.25) is 9.69 Å². The molecule has 5 rings (SSSR count). The van der Waals surface area contributed by atoms with Crippen molar-refractivity contribution < 1.29 is 36.9 Å². The summed E-state index contributed by atoms with van der Waals surface area (Å²) >= 11 is 0. The number of aliphatic hydroxyl groups is 1. The Morgan fingerprint density at radius 2 is 1.79 bits per heavy atom. The Kier molecular flexibility index (Phi) is 8.30. The van der Waals surface area contributed by atoms with E-state index in [2.05, 4.69) is 10.1 Å². The summed E-state index contributed by atoms with van der Waals surface area (Å²) < 4.78 is 68.2. The van der Waals surface area contributed by atoms with Crippen LogP contribution in [0.2, 0.25) is 0 Å². The molecule has 1 aliphatic heterocycles. The number of carbonyl (C=O) groups is 1. The molecule has 0 saturated carbocycles. The monoisotopic (exact) mass is 601 g/mol. The third kappa shape index (κ3) is 5.74. The number of amides is 1. The first-order valence-electron chi connectivity index (χ1n) is 13.6. The summed E-state index contributed by atoms with van der Waals surface area (Å²) in [5.74, 6) is -0.164. The van der Waals surface area contributed by atoms with Crippen LogP contribution in [0.15, 0.2) is 48.7 Å². The number of methoxy groups -OCH3 is 2. The summed E-state index contributed by atoms with van der Waals surface area (Å²) in [5, 5.41) is 14.1. The lowest BCUT2D eigenvalue weighted by molar-refractivity contribution is -0.143. The first-order chi connectivity index (χ1) is 20.5. The minimum absolute atomic E-state index is 0.0610. The molecule has 1 saturated heterocycles. The normalized spacial score (nSPS) is 16.9. The number of aliphatic hydroxyl groups excluding tert-OH is 1. The maximum absolute atomic E-state index is 14.3. The van der Waals surface area contributed by atoms with Crippen LogP contribution in [0.3, 0.4) is 0 Å². The first kappa shape index (κ1) is 30.2. The number of halogens is 4. The second kappa shape index (κ2) is 11.8. The molecule has 2 aromatic carbocycles. The van der Waals surface area contributed by atoms with Gasteiger partial charge in [0.05, 0.1) is 38.8 Å². The highest BCUT2D eigenvalue weighted by Crippen LogP contribution is 2.37. The molecule has 1 amide bonds. The second-order valence-corrected chi connectivity index (χ2v) is 10.4. The molecule has 13 heteroatoms. The lowest BCUT2D eigenvalue weighted by atomic mass is 10.0. The zero-order chi connectivity index (χ0) is 31.1. The maximum Gasteiger partial charge on any atom is 0.433 e. The van der Waals surface area contributed by atoms with E-state index in [0.717, 1.165) is 6.20 Å². The van der Waals surface area contributed by atoms with Gasteiger partial charge in [-0.25, -0.2) is 13.9 Å². The topological polar surface area (TPSA) is 92.4 Å². The molecule has 43 heavy (non-hydrogen) atoms. The van der Waals surface area contributed by atoms with Gasteiger partial charge >= 0.3 is 6.18 Å². The minimum Gasteiger partial charge on any atom is -0.497 e. The van der Waals surface area contributed by atoms with E-state index in [1.807, 2.05) is 4.90 Å². The summed E-state index contributed by atoms with van der Waals surface area (Å²) in [6.07, 6.45) is -3.65. The summed E-state index contributed by atoms with van der Waals surface area (Å²) in [7, 11) is 2.91. The standard InChI is InChI=1S/C30H31F4N5O4/c1-17-15-37(25(16-40)20-11-21(31)13-23(12-20)43-4)9-10-38(17)29(41)24-14-35-39-27(30(32,33)34)18(2)26(36-28(24)39)19-5-7-22(42-3)8-6-19/h5-8,11-14,17,25,40H,9-10,15-16H2,1-4H3/t17-,25+/m1/s1. The van der Waals surface area contributed by atoms with Crippen LogP contribution >= 0.6 is 0 Å². The molecule has 1 fully saturated rings.